The van der Waals surface area contributed by atoms with Crippen LogP contribution in [0.3, 0.4) is 0 Å². The minimum atomic E-state index is -7.94. The number of hydrogen-bond acceptors (Lipinski definition) is 7. The molecule has 0 saturated carbocycles. The molecular weight excluding hydrogens is 253 g/mol. The third kappa shape index (κ3) is 99200. The molecule has 51 valence electrons. The normalized spacial score (nSPS) is 7.56. The van der Waals surface area contributed by atoms with Crippen molar-refractivity contribution in [2.45, 2.75) is 0 Å². The van der Waals surface area contributed by atoms with Gasteiger partial charge in [0.05, 0.1) is 0 Å². The van der Waals surface area contributed by atoms with E-state index in [1.807, 2.05) is 0 Å². The molecule has 0 amide bonds. The van der Waals surface area contributed by atoms with Gasteiger partial charge in [-0.15, -0.1) is 0 Å². The summed E-state index contributed by atoms with van der Waals surface area (Å²) in [6.07, 6.45) is 0. The van der Waals surface area contributed by atoms with Crippen molar-refractivity contribution in [3.8, 4) is 0 Å². The van der Waals surface area contributed by atoms with Gasteiger partial charge < -0.3 is 0 Å². The van der Waals surface area contributed by atoms with Gasteiger partial charge in [0.1, 0.15) is 0 Å². The van der Waals surface area contributed by atoms with E-state index in [-0.39, 0.29) is 0 Å². The first kappa shape index (κ1) is 11.8. The van der Waals surface area contributed by atoms with Crippen molar-refractivity contribution < 1.29 is 57.7 Å². The zero-order valence-corrected chi connectivity index (χ0v) is 7.57. The van der Waals surface area contributed by atoms with Gasteiger partial charge in [-0.2, -0.15) is 0 Å². The van der Waals surface area contributed by atoms with Crippen LogP contribution >= 0.6 is 0 Å². The van der Waals surface area contributed by atoms with Crippen LogP contribution in [0.1, 0.15) is 0 Å². The third-order valence-corrected chi connectivity index (χ3v) is 0. The molecule has 0 spiro atoms. The second-order valence-corrected chi connectivity index (χ2v) is 4.75. The fourth-order valence-electron chi connectivity index (χ4n) is 0. The molecular formula is NbO7Ti. The Morgan fingerprint density at radius 2 is 0.778 bits per heavy atom. The van der Waals surface area contributed by atoms with Crippen molar-refractivity contribution in [3.63, 3.8) is 0 Å². The molecule has 0 unspecified atom stereocenters. The summed E-state index contributed by atoms with van der Waals surface area (Å²) < 4.78 is 60.3. The average molecular weight is 253 g/mol. The quantitative estimate of drug-likeness (QED) is 0.516. The first-order chi connectivity index (χ1) is 3.65. The predicted molar refractivity (Wildman–Crippen MR) is 4.81 cm³/mol. The molecule has 9 heavy (non-hydrogen) atoms. The van der Waals surface area contributed by atoms with Crippen molar-refractivity contribution in [3.05, 3.63) is 0 Å². The van der Waals surface area contributed by atoms with Gasteiger partial charge in [0, 0.05) is 0 Å². The molecule has 0 N–H and O–H groups in total. The first-order valence-electron chi connectivity index (χ1n) is 1.32. The van der Waals surface area contributed by atoms with E-state index in [1.54, 1.807) is 0 Å². The Balaban J connectivity index is 0. The molecule has 0 heterocycles. The van der Waals surface area contributed by atoms with Crippen molar-refractivity contribution in [2.75, 3.05) is 0 Å². The fourth-order valence-corrected chi connectivity index (χ4v) is 0. The Labute approximate surface area is 57.6 Å². The Kier molecular flexibility index (Phi) is 4.30. The Morgan fingerprint density at radius 3 is 0.778 bits per heavy atom. The molecule has 0 aromatic heterocycles. The van der Waals surface area contributed by atoms with Crippen LogP contribution in [0.4, 0.5) is 0 Å². The molecule has 0 saturated heterocycles. The predicted octanol–water partition coefficient (Wildman–Crippen LogP) is -0.837. The van der Waals surface area contributed by atoms with Gasteiger partial charge in [-0.05, 0) is 0 Å². The molecule has 0 aliphatic carbocycles. The summed E-state index contributed by atoms with van der Waals surface area (Å²) in [4.78, 5) is 0. The zero-order chi connectivity index (χ0) is 8.15. The summed E-state index contributed by atoms with van der Waals surface area (Å²) in [5.74, 6) is 0. The van der Waals surface area contributed by atoms with Gasteiger partial charge in [0.25, 0.3) is 0 Å². The average Bonchev–Trinajstić information content (AvgIpc) is 1.23. The van der Waals surface area contributed by atoms with Gasteiger partial charge in [-0.1, -0.05) is 0 Å². The summed E-state index contributed by atoms with van der Waals surface area (Å²) in [6, 6.07) is 0. The number of rotatable bonds is 0. The first-order valence-corrected chi connectivity index (χ1v) is 7.08. The van der Waals surface area contributed by atoms with Crippen LogP contribution in [0, 0.1) is 0 Å². The van der Waals surface area contributed by atoms with Gasteiger partial charge in [-0.3, -0.25) is 0 Å². The molecule has 0 bridgehead atoms. The van der Waals surface area contributed by atoms with E-state index in [9.17, 15) is 0 Å². The van der Waals surface area contributed by atoms with Crippen LogP contribution in [0.25, 0.3) is 0 Å². The second-order valence-electron chi connectivity index (χ2n) is 0.829. The molecule has 7 nitrogen and oxygen atoms in total. The van der Waals surface area contributed by atoms with Gasteiger partial charge in [0.15, 0.2) is 0 Å². The van der Waals surface area contributed by atoms with Crippen LogP contribution in [0.5, 0.6) is 0 Å². The van der Waals surface area contributed by atoms with E-state index < -0.39 is 34.8 Å². The van der Waals surface area contributed by atoms with Crippen LogP contribution < -0.4 is 0 Å². The van der Waals surface area contributed by atoms with Gasteiger partial charge in [-0.25, -0.2) is 0 Å². The van der Waals surface area contributed by atoms with Crippen molar-refractivity contribution in [1.82, 2.24) is 0 Å². The Morgan fingerprint density at radius 1 is 0.778 bits per heavy atom. The van der Waals surface area contributed by atoms with E-state index in [2.05, 4.69) is 0 Å². The second kappa shape index (κ2) is 3.28. The maximum absolute atomic E-state index is 8.66. The van der Waals surface area contributed by atoms with Crippen LogP contribution in [-0.2, 0) is 57.7 Å². The summed E-state index contributed by atoms with van der Waals surface area (Å²) >= 11 is -9.94. The molecule has 0 atom stereocenters. The van der Waals surface area contributed by atoms with Crippen molar-refractivity contribution in [1.29, 1.82) is 0 Å². The van der Waals surface area contributed by atoms with E-state index in [1.165, 1.54) is 0 Å². The van der Waals surface area contributed by atoms with Crippen molar-refractivity contribution in [2.24, 2.45) is 0 Å². The van der Waals surface area contributed by atoms with Crippen LogP contribution in [0.2, 0.25) is 0 Å². The Bertz CT molecular complexity index is 353. The van der Waals surface area contributed by atoms with Gasteiger partial charge >= 0.3 is 57.7 Å². The monoisotopic (exact) mass is 253 g/mol. The number of hydrogen-bond donors (Lipinski definition) is 0. The fraction of sp³-hybridized carbons (Fsp3) is 0. The molecule has 0 fully saturated rings. The maximum atomic E-state index is 8.66. The molecule has 9 heteroatoms. The Hall–Kier alpha value is 0.0545. The molecule has 0 radical (unpaired) electrons. The topological polar surface area (TPSA) is 119 Å². The van der Waals surface area contributed by atoms with Gasteiger partial charge in [0.2, 0.25) is 0 Å². The summed E-state index contributed by atoms with van der Waals surface area (Å²) in [7, 11) is 0. The molecule has 0 aliphatic rings. The summed E-state index contributed by atoms with van der Waals surface area (Å²) in [5.41, 5.74) is 0. The van der Waals surface area contributed by atoms with E-state index in [0.29, 0.717) is 0 Å². The van der Waals surface area contributed by atoms with Crippen LogP contribution in [-0.4, -0.2) is 0 Å². The molecule has 0 aromatic carbocycles. The third-order valence-electron chi connectivity index (χ3n) is 0. The van der Waals surface area contributed by atoms with E-state index in [0.717, 1.165) is 0 Å². The summed E-state index contributed by atoms with van der Waals surface area (Å²) in [6.45, 7) is 0. The zero-order valence-electron chi connectivity index (χ0n) is 3.80. The van der Waals surface area contributed by atoms with Crippen LogP contribution in [0.15, 0.2) is 0 Å². The summed E-state index contributed by atoms with van der Waals surface area (Å²) in [5, 5.41) is 0. The molecule has 0 aliphatic heterocycles. The van der Waals surface area contributed by atoms with E-state index >= 15 is 0 Å². The minimum absolute atomic E-state index is 2.00. The van der Waals surface area contributed by atoms with Crippen molar-refractivity contribution >= 4 is 0 Å². The molecule has 0 rings (SSSR count). The molecule has 0 aromatic rings. The van der Waals surface area contributed by atoms with E-state index in [4.69, 9.17) is 22.9 Å². The standard InChI is InChI=1S/Nb.7O.Ti. The SMILES string of the molecule is [O]=[Nb](=[O])(=[O])(=[O])=[O].[O]=[Ti]=[O].